The van der Waals surface area contributed by atoms with Gasteiger partial charge in [0.25, 0.3) is 5.91 Å². The summed E-state index contributed by atoms with van der Waals surface area (Å²) in [5.74, 6) is 2.02. The topological polar surface area (TPSA) is 70.2 Å². The van der Waals surface area contributed by atoms with E-state index in [4.69, 9.17) is 26.1 Å². The molecule has 162 valence electrons. The number of rotatable bonds is 5. The lowest BCUT2D eigenvalue weighted by Gasteiger charge is -2.32. The first-order valence-corrected chi connectivity index (χ1v) is 11.9. The molecule has 2 aliphatic heterocycles. The number of amides is 1. The van der Waals surface area contributed by atoms with Crippen molar-refractivity contribution >= 4 is 40.1 Å². The zero-order valence-electron chi connectivity index (χ0n) is 17.4. The van der Waals surface area contributed by atoms with Crippen LogP contribution in [0.2, 0.25) is 5.02 Å². The highest BCUT2D eigenvalue weighted by Crippen LogP contribution is 2.34. The van der Waals surface area contributed by atoms with Crippen LogP contribution in [0.25, 0.3) is 17.0 Å². The first kappa shape index (κ1) is 20.8. The summed E-state index contributed by atoms with van der Waals surface area (Å²) < 4.78 is 6.18. The van der Waals surface area contributed by atoms with Gasteiger partial charge in [-0.2, -0.15) is 0 Å². The van der Waals surface area contributed by atoms with Crippen molar-refractivity contribution in [3.63, 3.8) is 0 Å². The molecule has 0 aliphatic carbocycles. The maximum absolute atomic E-state index is 13.1. The minimum absolute atomic E-state index is 0.184. The Morgan fingerprint density at radius 2 is 1.94 bits per heavy atom. The second kappa shape index (κ2) is 8.84. The summed E-state index contributed by atoms with van der Waals surface area (Å²) in [7, 11) is 0. The highest BCUT2D eigenvalue weighted by Gasteiger charge is 2.35. The monoisotopic (exact) mass is 464 g/mol. The van der Waals surface area contributed by atoms with Crippen molar-refractivity contribution in [2.24, 2.45) is 10.1 Å². The van der Waals surface area contributed by atoms with E-state index in [0.717, 1.165) is 34.7 Å². The van der Waals surface area contributed by atoms with E-state index in [1.807, 2.05) is 60.7 Å². The Morgan fingerprint density at radius 1 is 1.12 bits per heavy atom. The number of fused-ring (bicyclic) bond motifs is 2. The molecule has 0 radical (unpaired) electrons. The van der Waals surface area contributed by atoms with E-state index < -0.39 is 6.17 Å². The summed E-state index contributed by atoms with van der Waals surface area (Å²) >= 11 is 7.56. The molecule has 3 heterocycles. The molecule has 5 rings (SSSR count). The second-order valence-corrected chi connectivity index (χ2v) is 9.00. The number of carbonyl (C=O) groups is 1. The minimum Gasteiger partial charge on any atom is -0.457 e. The number of para-hydroxylation sites is 1. The Hall–Kier alpha value is -3.03. The van der Waals surface area contributed by atoms with E-state index in [9.17, 15) is 4.79 Å². The van der Waals surface area contributed by atoms with Gasteiger partial charge >= 0.3 is 0 Å². The Morgan fingerprint density at radius 3 is 2.75 bits per heavy atom. The van der Waals surface area contributed by atoms with Crippen molar-refractivity contribution in [2.75, 3.05) is 5.75 Å². The molecule has 2 aromatic carbocycles. The minimum atomic E-state index is -0.575. The van der Waals surface area contributed by atoms with E-state index in [-0.39, 0.29) is 5.91 Å². The zero-order valence-corrected chi connectivity index (χ0v) is 19.0. The SMILES string of the molecule is CCCCSC1=NN2C(=c3ccccc3=N[C@@H]2c2ccc(-c3ccc(Cl)cc3)o2)C(=O)N1. The summed E-state index contributed by atoms with van der Waals surface area (Å²) in [5.41, 5.74) is 1.39. The molecule has 0 fully saturated rings. The van der Waals surface area contributed by atoms with Crippen LogP contribution in [0, 0.1) is 0 Å². The predicted octanol–water partition coefficient (Wildman–Crippen LogP) is 4.28. The smallest absolute Gasteiger partial charge is 0.276 e. The number of unbranched alkanes of at least 4 members (excludes halogenated alkanes) is 1. The number of halogens is 1. The van der Waals surface area contributed by atoms with Crippen molar-refractivity contribution in [3.8, 4) is 11.3 Å². The molecule has 3 aromatic rings. The quantitative estimate of drug-likeness (QED) is 0.572. The van der Waals surface area contributed by atoms with Crippen molar-refractivity contribution < 1.29 is 9.21 Å². The molecule has 6 nitrogen and oxygen atoms in total. The van der Waals surface area contributed by atoms with Gasteiger partial charge in [0, 0.05) is 21.6 Å². The molecule has 1 N–H and O–H groups in total. The molecule has 0 saturated carbocycles. The molecule has 1 aromatic heterocycles. The lowest BCUT2D eigenvalue weighted by atomic mass is 10.1. The number of hydrazone groups is 1. The average Bonchev–Trinajstić information content (AvgIpc) is 3.29. The Labute approximate surface area is 194 Å². The molecule has 2 aliphatic rings. The van der Waals surface area contributed by atoms with Gasteiger partial charge in [-0.15, -0.1) is 5.10 Å². The number of hydrogen-bond acceptors (Lipinski definition) is 6. The number of benzene rings is 2. The number of amidine groups is 1. The van der Waals surface area contributed by atoms with Gasteiger partial charge < -0.3 is 4.42 Å². The molecule has 32 heavy (non-hydrogen) atoms. The second-order valence-electron chi connectivity index (χ2n) is 7.48. The van der Waals surface area contributed by atoms with Crippen LogP contribution in [0.1, 0.15) is 31.7 Å². The lowest BCUT2D eigenvalue weighted by molar-refractivity contribution is -0.116. The van der Waals surface area contributed by atoms with E-state index in [1.54, 1.807) is 16.8 Å². The average molecular weight is 465 g/mol. The summed E-state index contributed by atoms with van der Waals surface area (Å²) in [5, 5.41) is 12.1. The first-order chi connectivity index (χ1) is 15.6. The molecule has 0 saturated heterocycles. The fraction of sp³-hybridized carbons (Fsp3) is 0.208. The van der Waals surface area contributed by atoms with Crippen LogP contribution < -0.4 is 15.9 Å². The fourth-order valence-corrected chi connectivity index (χ4v) is 4.71. The van der Waals surface area contributed by atoms with Crippen molar-refractivity contribution in [2.45, 2.75) is 25.9 Å². The summed E-state index contributed by atoms with van der Waals surface area (Å²) in [4.78, 5) is 18.0. The molecule has 1 amide bonds. The van der Waals surface area contributed by atoms with Gasteiger partial charge in [0.05, 0.1) is 5.36 Å². The molecule has 8 heteroatoms. The van der Waals surface area contributed by atoms with Crippen LogP contribution >= 0.6 is 23.4 Å². The van der Waals surface area contributed by atoms with Gasteiger partial charge in [-0.05, 0) is 48.9 Å². The van der Waals surface area contributed by atoms with Gasteiger partial charge in [-0.3, -0.25) is 10.1 Å². The van der Waals surface area contributed by atoms with Crippen molar-refractivity contribution in [1.29, 1.82) is 0 Å². The molecular weight excluding hydrogens is 444 g/mol. The Kier molecular flexibility index (Phi) is 5.76. The van der Waals surface area contributed by atoms with Crippen LogP contribution in [-0.2, 0) is 4.79 Å². The van der Waals surface area contributed by atoms with Gasteiger partial charge in [-0.1, -0.05) is 54.9 Å². The third-order valence-electron chi connectivity index (χ3n) is 5.26. The Bertz CT molecular complexity index is 1320. The third-order valence-corrected chi connectivity index (χ3v) is 6.46. The van der Waals surface area contributed by atoms with Crippen molar-refractivity contribution in [3.05, 3.63) is 82.0 Å². The maximum atomic E-state index is 13.1. The Balaban J connectivity index is 1.57. The van der Waals surface area contributed by atoms with Crippen LogP contribution in [0.3, 0.4) is 0 Å². The van der Waals surface area contributed by atoms with E-state index in [1.165, 1.54) is 0 Å². The highest BCUT2D eigenvalue weighted by atomic mass is 35.5. The molecule has 0 unspecified atom stereocenters. The molecule has 0 spiro atoms. The predicted molar refractivity (Wildman–Crippen MR) is 127 cm³/mol. The standard InChI is InChI=1S/C24H21ClN4O2S/c1-2-3-14-32-24-27-23(30)21-17-6-4-5-7-18(17)26-22(29(21)28-24)20-13-12-19(31-20)15-8-10-16(25)11-9-15/h4-13,22H,2-3,14H2,1H3,(H,27,28,30)/t22-/m0/s1. The summed E-state index contributed by atoms with van der Waals surface area (Å²) in [6, 6.07) is 18.8. The van der Waals surface area contributed by atoms with E-state index in [2.05, 4.69) is 12.2 Å². The van der Waals surface area contributed by atoms with E-state index in [0.29, 0.717) is 27.4 Å². The molecule has 1 atom stereocenters. The maximum Gasteiger partial charge on any atom is 0.276 e. The number of hydrogen-bond donors (Lipinski definition) is 1. The number of carbonyl (C=O) groups excluding carboxylic acids is 1. The summed E-state index contributed by atoms with van der Waals surface area (Å²) in [6.45, 7) is 2.14. The highest BCUT2D eigenvalue weighted by molar-refractivity contribution is 8.13. The molecule has 0 bridgehead atoms. The number of nitrogens with one attached hydrogen (secondary N) is 1. The normalized spacial score (nSPS) is 17.2. The zero-order chi connectivity index (χ0) is 22.1. The van der Waals surface area contributed by atoms with Crippen LogP contribution in [0.5, 0.6) is 0 Å². The fourth-order valence-electron chi connectivity index (χ4n) is 3.65. The number of thioether (sulfide) groups is 1. The van der Waals surface area contributed by atoms with Crippen LogP contribution in [0.15, 0.2) is 75.2 Å². The third kappa shape index (κ3) is 3.94. The van der Waals surface area contributed by atoms with E-state index >= 15 is 0 Å². The largest absolute Gasteiger partial charge is 0.457 e. The van der Waals surface area contributed by atoms with Crippen LogP contribution in [-0.4, -0.2) is 21.8 Å². The number of furan rings is 1. The van der Waals surface area contributed by atoms with Gasteiger partial charge in [0.2, 0.25) is 6.17 Å². The lowest BCUT2D eigenvalue weighted by Crippen LogP contribution is -2.50. The van der Waals surface area contributed by atoms with Gasteiger partial charge in [0.15, 0.2) is 10.9 Å². The van der Waals surface area contributed by atoms with Crippen LogP contribution in [0.4, 0.5) is 0 Å². The first-order valence-electron chi connectivity index (χ1n) is 10.5. The van der Waals surface area contributed by atoms with Gasteiger partial charge in [-0.25, -0.2) is 10.0 Å². The van der Waals surface area contributed by atoms with Gasteiger partial charge in [0.1, 0.15) is 11.5 Å². The number of nitrogens with zero attached hydrogens (tertiary/aromatic N) is 3. The van der Waals surface area contributed by atoms with Crippen molar-refractivity contribution in [1.82, 2.24) is 10.3 Å². The summed E-state index contributed by atoms with van der Waals surface area (Å²) in [6.07, 6.45) is 1.56. The molecular formula is C24H21ClN4O2S.